The van der Waals surface area contributed by atoms with Crippen LogP contribution in [0.2, 0.25) is 5.02 Å². The van der Waals surface area contributed by atoms with Crippen molar-refractivity contribution in [2.75, 3.05) is 20.8 Å². The summed E-state index contributed by atoms with van der Waals surface area (Å²) < 4.78 is 16.8. The molecule has 1 N–H and O–H groups in total. The lowest BCUT2D eigenvalue weighted by Gasteiger charge is -2.15. The molecule has 1 aliphatic rings. The molecule has 0 radical (unpaired) electrons. The van der Waals surface area contributed by atoms with E-state index in [9.17, 15) is 4.79 Å². The highest BCUT2D eigenvalue weighted by molar-refractivity contribution is 6.31. The van der Waals surface area contributed by atoms with Gasteiger partial charge >= 0.3 is 0 Å². The predicted octanol–water partition coefficient (Wildman–Crippen LogP) is 4.08. The van der Waals surface area contributed by atoms with Crippen molar-refractivity contribution >= 4 is 17.5 Å². The molecule has 7 heteroatoms. The zero-order valence-corrected chi connectivity index (χ0v) is 18.1. The molecule has 6 nitrogen and oxygen atoms in total. The van der Waals surface area contributed by atoms with Gasteiger partial charge in [0.25, 0.3) is 0 Å². The predicted molar refractivity (Wildman–Crippen MR) is 119 cm³/mol. The molecular weight excluding hydrogens is 416 g/mol. The summed E-state index contributed by atoms with van der Waals surface area (Å²) in [7, 11) is 3.17. The van der Waals surface area contributed by atoms with E-state index in [1.165, 1.54) is 0 Å². The van der Waals surface area contributed by atoms with Crippen LogP contribution in [0.1, 0.15) is 11.1 Å². The van der Waals surface area contributed by atoms with Crippen LogP contribution >= 0.6 is 11.6 Å². The number of pyridine rings is 1. The lowest BCUT2D eigenvalue weighted by atomic mass is 10.0. The average Bonchev–Trinajstić information content (AvgIpc) is 3.20. The summed E-state index contributed by atoms with van der Waals surface area (Å²) in [5, 5.41) is 3.62. The first-order valence-corrected chi connectivity index (χ1v) is 10.3. The monoisotopic (exact) mass is 438 g/mol. The van der Waals surface area contributed by atoms with Crippen LogP contribution in [-0.4, -0.2) is 37.8 Å². The van der Waals surface area contributed by atoms with Crippen molar-refractivity contribution in [2.24, 2.45) is 0 Å². The van der Waals surface area contributed by atoms with Gasteiger partial charge in [0.05, 0.1) is 27.2 Å². The molecule has 0 saturated heterocycles. The number of halogens is 1. The molecule has 0 saturated carbocycles. The number of ether oxygens (including phenoxy) is 3. The Morgan fingerprint density at radius 2 is 1.97 bits per heavy atom. The van der Waals surface area contributed by atoms with Gasteiger partial charge in [0, 0.05) is 40.5 Å². The summed E-state index contributed by atoms with van der Waals surface area (Å²) in [6, 6.07) is 13.1. The maximum atomic E-state index is 12.6. The molecule has 1 unspecified atom stereocenters. The Bertz CT molecular complexity index is 1090. The Kier molecular flexibility index (Phi) is 6.28. The van der Waals surface area contributed by atoms with Crippen LogP contribution in [0.4, 0.5) is 0 Å². The molecule has 0 fully saturated rings. The van der Waals surface area contributed by atoms with Crippen LogP contribution in [0.25, 0.3) is 11.1 Å². The summed E-state index contributed by atoms with van der Waals surface area (Å²) in [4.78, 5) is 16.6. The van der Waals surface area contributed by atoms with Gasteiger partial charge < -0.3 is 19.5 Å². The highest BCUT2D eigenvalue weighted by Gasteiger charge is 2.27. The van der Waals surface area contributed by atoms with E-state index >= 15 is 0 Å². The minimum Gasteiger partial charge on any atom is -0.497 e. The first-order chi connectivity index (χ1) is 15.1. The molecular formula is C24H23ClN2O4. The Balaban J connectivity index is 1.42. The summed E-state index contributed by atoms with van der Waals surface area (Å²) >= 11 is 6.33. The molecule has 1 aliphatic heterocycles. The van der Waals surface area contributed by atoms with Crippen molar-refractivity contribution in [3.63, 3.8) is 0 Å². The normalized spacial score (nSPS) is 14.5. The van der Waals surface area contributed by atoms with Crippen LogP contribution in [0.5, 0.6) is 17.2 Å². The summed E-state index contributed by atoms with van der Waals surface area (Å²) in [6.07, 6.45) is 4.18. The van der Waals surface area contributed by atoms with Gasteiger partial charge in [-0.05, 0) is 48.0 Å². The van der Waals surface area contributed by atoms with E-state index in [2.05, 4.69) is 10.3 Å². The number of methoxy groups -OCH3 is 2. The molecule has 160 valence electrons. The van der Waals surface area contributed by atoms with E-state index in [4.69, 9.17) is 25.8 Å². The van der Waals surface area contributed by atoms with E-state index in [1.54, 1.807) is 38.7 Å². The number of nitrogens with one attached hydrogen (secondary N) is 1. The number of hydrogen-bond donors (Lipinski definition) is 1. The standard InChI is InChI=1S/C24H23ClN2O4/c1-29-19-3-4-22(30-2)16(10-19)12-23(28)27-14-20-11-17-9-18(25)13-21(24(17)31-20)15-5-7-26-8-6-15/h3-10,13,20H,11-12,14H2,1-2H3,(H,27,28). The second kappa shape index (κ2) is 9.27. The molecule has 2 aromatic carbocycles. The topological polar surface area (TPSA) is 69.7 Å². The number of nitrogens with zero attached hydrogens (tertiary/aromatic N) is 1. The van der Waals surface area contributed by atoms with E-state index in [0.717, 1.165) is 28.0 Å². The SMILES string of the molecule is COc1ccc(OC)c(CC(=O)NCC2Cc3cc(Cl)cc(-c4ccncc4)c3O2)c1. The molecule has 0 bridgehead atoms. The Morgan fingerprint density at radius 3 is 2.71 bits per heavy atom. The Morgan fingerprint density at radius 1 is 1.16 bits per heavy atom. The van der Waals surface area contributed by atoms with Crippen molar-refractivity contribution in [1.82, 2.24) is 10.3 Å². The number of carbonyl (C=O) groups is 1. The third-order valence-corrected chi connectivity index (χ3v) is 5.44. The van der Waals surface area contributed by atoms with Gasteiger partial charge in [-0.3, -0.25) is 9.78 Å². The summed E-state index contributed by atoms with van der Waals surface area (Å²) in [5.74, 6) is 2.03. The summed E-state index contributed by atoms with van der Waals surface area (Å²) in [6.45, 7) is 0.396. The minimum absolute atomic E-state index is 0.113. The first kappa shape index (κ1) is 21.0. The number of amides is 1. The van der Waals surface area contributed by atoms with Crippen molar-refractivity contribution < 1.29 is 19.0 Å². The minimum atomic E-state index is -0.162. The Labute approximate surface area is 186 Å². The average molecular weight is 439 g/mol. The van der Waals surface area contributed by atoms with Gasteiger partial charge in [0.15, 0.2) is 0 Å². The Hall–Kier alpha value is -3.25. The second-order valence-corrected chi connectivity index (χ2v) is 7.72. The van der Waals surface area contributed by atoms with E-state index in [0.29, 0.717) is 29.5 Å². The summed E-state index contributed by atoms with van der Waals surface area (Å²) in [5.41, 5.74) is 3.72. The number of benzene rings is 2. The largest absolute Gasteiger partial charge is 0.497 e. The molecule has 1 atom stereocenters. The van der Waals surface area contributed by atoms with Crippen LogP contribution in [-0.2, 0) is 17.6 Å². The fourth-order valence-corrected chi connectivity index (χ4v) is 3.98. The van der Waals surface area contributed by atoms with Gasteiger partial charge in [0.2, 0.25) is 5.91 Å². The van der Waals surface area contributed by atoms with Crippen LogP contribution in [0.3, 0.4) is 0 Å². The lowest BCUT2D eigenvalue weighted by molar-refractivity contribution is -0.120. The van der Waals surface area contributed by atoms with Crippen molar-refractivity contribution in [1.29, 1.82) is 0 Å². The molecule has 4 rings (SSSR count). The third kappa shape index (κ3) is 4.75. The molecule has 1 aromatic heterocycles. The molecule has 31 heavy (non-hydrogen) atoms. The zero-order valence-electron chi connectivity index (χ0n) is 17.4. The third-order valence-electron chi connectivity index (χ3n) is 5.22. The first-order valence-electron chi connectivity index (χ1n) is 9.94. The fourth-order valence-electron chi connectivity index (χ4n) is 3.74. The van der Waals surface area contributed by atoms with Crippen LogP contribution in [0, 0.1) is 0 Å². The van der Waals surface area contributed by atoms with E-state index < -0.39 is 0 Å². The second-order valence-electron chi connectivity index (χ2n) is 7.28. The number of hydrogen-bond acceptors (Lipinski definition) is 5. The van der Waals surface area contributed by atoms with Gasteiger partial charge in [-0.25, -0.2) is 0 Å². The van der Waals surface area contributed by atoms with E-state index in [-0.39, 0.29) is 18.4 Å². The quantitative estimate of drug-likeness (QED) is 0.602. The molecule has 1 amide bonds. The van der Waals surface area contributed by atoms with Crippen molar-refractivity contribution in [3.8, 4) is 28.4 Å². The molecule has 2 heterocycles. The fraction of sp³-hybridized carbons (Fsp3) is 0.250. The highest BCUT2D eigenvalue weighted by Crippen LogP contribution is 2.40. The highest BCUT2D eigenvalue weighted by atomic mass is 35.5. The molecule has 3 aromatic rings. The molecule has 0 spiro atoms. The smallest absolute Gasteiger partial charge is 0.224 e. The van der Waals surface area contributed by atoms with Gasteiger partial charge in [-0.2, -0.15) is 0 Å². The van der Waals surface area contributed by atoms with Gasteiger partial charge in [-0.15, -0.1) is 0 Å². The number of carbonyl (C=O) groups excluding carboxylic acids is 1. The van der Waals surface area contributed by atoms with Crippen molar-refractivity contribution in [2.45, 2.75) is 18.9 Å². The number of aromatic nitrogens is 1. The number of rotatable bonds is 7. The van der Waals surface area contributed by atoms with E-state index in [1.807, 2.05) is 30.3 Å². The zero-order chi connectivity index (χ0) is 21.8. The number of fused-ring (bicyclic) bond motifs is 1. The van der Waals surface area contributed by atoms with Crippen LogP contribution < -0.4 is 19.5 Å². The maximum absolute atomic E-state index is 12.6. The van der Waals surface area contributed by atoms with Crippen LogP contribution in [0.15, 0.2) is 54.9 Å². The molecule has 0 aliphatic carbocycles. The van der Waals surface area contributed by atoms with Gasteiger partial charge in [0.1, 0.15) is 23.4 Å². The van der Waals surface area contributed by atoms with Gasteiger partial charge in [-0.1, -0.05) is 11.6 Å². The lowest BCUT2D eigenvalue weighted by Crippen LogP contribution is -2.35. The maximum Gasteiger partial charge on any atom is 0.224 e. The van der Waals surface area contributed by atoms with Crippen molar-refractivity contribution in [3.05, 3.63) is 71.0 Å².